The fourth-order valence-electron chi connectivity index (χ4n) is 2.42. The van der Waals surface area contributed by atoms with Gasteiger partial charge in [0.25, 0.3) is 5.91 Å². The molecule has 0 unspecified atom stereocenters. The largest absolute Gasteiger partial charge is 0.443 e. The van der Waals surface area contributed by atoms with Crippen LogP contribution in [0.5, 0.6) is 0 Å². The number of aryl methyl sites for hydroxylation is 1. The molecule has 0 spiro atoms. The van der Waals surface area contributed by atoms with Gasteiger partial charge in [-0.3, -0.25) is 9.78 Å². The van der Waals surface area contributed by atoms with Crippen molar-refractivity contribution in [3.63, 3.8) is 0 Å². The Hall–Kier alpha value is -3.22. The Balaban J connectivity index is 1.57. The van der Waals surface area contributed by atoms with Crippen LogP contribution in [-0.2, 0) is 6.42 Å². The van der Waals surface area contributed by atoms with Crippen molar-refractivity contribution in [2.75, 3.05) is 12.3 Å². The van der Waals surface area contributed by atoms with E-state index < -0.39 is 0 Å². The highest BCUT2D eigenvalue weighted by Crippen LogP contribution is 2.23. The van der Waals surface area contributed by atoms with Crippen LogP contribution in [-0.4, -0.2) is 22.4 Å². The topological polar surface area (TPSA) is 94.0 Å². The number of nitrogens with one attached hydrogen (secondary N) is 1. The molecule has 2 aromatic heterocycles. The van der Waals surface area contributed by atoms with Crippen molar-refractivity contribution in [3.8, 4) is 11.3 Å². The summed E-state index contributed by atoms with van der Waals surface area (Å²) in [5.74, 6) is -0.290. The standard InChI is InChI=1S/C18H17FN4O2/c19-14-8-12(9-21-10-14)2-1-7-22-18(24)16-17(25-11-23-16)13-3-5-15(20)6-4-13/h3-6,8-11H,1-2,7,20H2,(H,22,24). The first-order valence-corrected chi connectivity index (χ1v) is 7.80. The predicted molar refractivity (Wildman–Crippen MR) is 91.2 cm³/mol. The highest BCUT2D eigenvalue weighted by Gasteiger charge is 2.17. The summed E-state index contributed by atoms with van der Waals surface area (Å²) in [6.45, 7) is 0.434. The maximum absolute atomic E-state index is 13.1. The minimum Gasteiger partial charge on any atom is -0.443 e. The fourth-order valence-corrected chi connectivity index (χ4v) is 2.42. The van der Waals surface area contributed by atoms with Crippen molar-refractivity contribution < 1.29 is 13.6 Å². The van der Waals surface area contributed by atoms with Gasteiger partial charge in [0.2, 0.25) is 0 Å². The normalized spacial score (nSPS) is 10.6. The Morgan fingerprint density at radius 2 is 2.04 bits per heavy atom. The van der Waals surface area contributed by atoms with Crippen LogP contribution >= 0.6 is 0 Å². The monoisotopic (exact) mass is 340 g/mol. The lowest BCUT2D eigenvalue weighted by atomic mass is 10.1. The zero-order valence-corrected chi connectivity index (χ0v) is 13.4. The minimum atomic E-state index is -0.364. The molecule has 7 heteroatoms. The number of benzene rings is 1. The van der Waals surface area contributed by atoms with Gasteiger partial charge in [-0.25, -0.2) is 9.37 Å². The molecule has 6 nitrogen and oxygen atoms in total. The molecule has 0 aliphatic heterocycles. The number of carbonyl (C=O) groups is 1. The van der Waals surface area contributed by atoms with Crippen LogP contribution in [0.25, 0.3) is 11.3 Å². The van der Waals surface area contributed by atoms with Gasteiger partial charge in [-0.05, 0) is 48.7 Å². The molecule has 2 heterocycles. The SMILES string of the molecule is Nc1ccc(-c2ocnc2C(=O)NCCCc2cncc(F)c2)cc1. The van der Waals surface area contributed by atoms with E-state index in [1.807, 2.05) is 0 Å². The van der Waals surface area contributed by atoms with Crippen LogP contribution in [0.4, 0.5) is 10.1 Å². The Bertz CT molecular complexity index is 862. The number of aromatic nitrogens is 2. The molecule has 128 valence electrons. The molecular weight excluding hydrogens is 323 g/mol. The maximum Gasteiger partial charge on any atom is 0.273 e. The summed E-state index contributed by atoms with van der Waals surface area (Å²) in [5, 5.41) is 2.79. The van der Waals surface area contributed by atoms with Crippen LogP contribution < -0.4 is 11.1 Å². The van der Waals surface area contributed by atoms with E-state index in [-0.39, 0.29) is 17.4 Å². The third kappa shape index (κ3) is 4.20. The van der Waals surface area contributed by atoms with Crippen LogP contribution in [0.1, 0.15) is 22.5 Å². The van der Waals surface area contributed by atoms with Gasteiger partial charge < -0.3 is 15.5 Å². The summed E-state index contributed by atoms with van der Waals surface area (Å²) >= 11 is 0. The smallest absolute Gasteiger partial charge is 0.273 e. The van der Waals surface area contributed by atoms with E-state index in [9.17, 15) is 9.18 Å². The number of nitrogens with two attached hydrogens (primary N) is 1. The van der Waals surface area contributed by atoms with Gasteiger partial charge in [-0.2, -0.15) is 0 Å². The summed E-state index contributed by atoms with van der Waals surface area (Å²) in [4.78, 5) is 20.1. The van der Waals surface area contributed by atoms with E-state index in [1.165, 1.54) is 12.5 Å². The average molecular weight is 340 g/mol. The van der Waals surface area contributed by atoms with Gasteiger partial charge in [0, 0.05) is 24.0 Å². The molecule has 0 bridgehead atoms. The number of hydrogen-bond donors (Lipinski definition) is 2. The Labute approximate surface area is 143 Å². The molecule has 3 rings (SSSR count). The quantitative estimate of drug-likeness (QED) is 0.531. The molecule has 0 saturated carbocycles. The highest BCUT2D eigenvalue weighted by molar-refractivity contribution is 5.97. The molecule has 0 atom stereocenters. The van der Waals surface area contributed by atoms with E-state index in [2.05, 4.69) is 15.3 Å². The summed E-state index contributed by atoms with van der Waals surface area (Å²) in [7, 11) is 0. The van der Waals surface area contributed by atoms with Gasteiger partial charge in [0.1, 0.15) is 5.82 Å². The van der Waals surface area contributed by atoms with E-state index in [4.69, 9.17) is 10.2 Å². The third-order valence-electron chi connectivity index (χ3n) is 3.64. The molecule has 0 aliphatic rings. The summed E-state index contributed by atoms with van der Waals surface area (Å²) in [6, 6.07) is 8.43. The van der Waals surface area contributed by atoms with Gasteiger partial charge in [-0.15, -0.1) is 0 Å². The summed E-state index contributed by atoms with van der Waals surface area (Å²) < 4.78 is 18.4. The average Bonchev–Trinajstić information content (AvgIpc) is 3.09. The Morgan fingerprint density at radius 3 is 2.80 bits per heavy atom. The number of rotatable bonds is 6. The lowest BCUT2D eigenvalue weighted by molar-refractivity contribution is 0.0949. The molecule has 0 fully saturated rings. The van der Waals surface area contributed by atoms with Crippen LogP contribution in [0, 0.1) is 5.82 Å². The number of amides is 1. The first-order valence-electron chi connectivity index (χ1n) is 7.80. The third-order valence-corrected chi connectivity index (χ3v) is 3.64. The zero-order valence-electron chi connectivity index (χ0n) is 13.4. The minimum absolute atomic E-state index is 0.220. The lowest BCUT2D eigenvalue weighted by Gasteiger charge is -2.05. The van der Waals surface area contributed by atoms with Crippen LogP contribution in [0.3, 0.4) is 0 Å². The number of oxazole rings is 1. The van der Waals surface area contributed by atoms with Crippen LogP contribution in [0.15, 0.2) is 53.5 Å². The molecule has 25 heavy (non-hydrogen) atoms. The van der Waals surface area contributed by atoms with Crippen molar-refractivity contribution in [1.82, 2.24) is 15.3 Å². The zero-order chi connectivity index (χ0) is 17.6. The van der Waals surface area contributed by atoms with Gasteiger partial charge in [-0.1, -0.05) is 0 Å². The number of carbonyl (C=O) groups excluding carboxylic acids is 1. The van der Waals surface area contributed by atoms with Crippen molar-refractivity contribution in [3.05, 3.63) is 66.2 Å². The molecule has 1 amide bonds. The number of pyridine rings is 1. The second-order valence-corrected chi connectivity index (χ2v) is 5.52. The fraction of sp³-hybridized carbons (Fsp3) is 0.167. The van der Waals surface area contributed by atoms with Crippen molar-refractivity contribution >= 4 is 11.6 Å². The van der Waals surface area contributed by atoms with Gasteiger partial charge in [0.05, 0.1) is 6.20 Å². The van der Waals surface area contributed by atoms with Gasteiger partial charge in [0.15, 0.2) is 17.8 Å². The number of anilines is 1. The second-order valence-electron chi connectivity index (χ2n) is 5.52. The van der Waals surface area contributed by atoms with Crippen molar-refractivity contribution in [2.45, 2.75) is 12.8 Å². The van der Waals surface area contributed by atoms with E-state index in [1.54, 1.807) is 30.5 Å². The summed E-state index contributed by atoms with van der Waals surface area (Å²) in [5.41, 5.74) is 8.02. The molecular formula is C18H17FN4O2. The highest BCUT2D eigenvalue weighted by atomic mass is 19.1. The molecule has 0 radical (unpaired) electrons. The first-order chi connectivity index (χ1) is 12.1. The molecule has 3 N–H and O–H groups in total. The van der Waals surface area contributed by atoms with Crippen molar-refractivity contribution in [2.24, 2.45) is 0 Å². The summed E-state index contributed by atoms with van der Waals surface area (Å²) in [6.07, 6.45) is 5.29. The number of hydrogen-bond acceptors (Lipinski definition) is 5. The maximum atomic E-state index is 13.1. The van der Waals surface area contributed by atoms with E-state index in [0.29, 0.717) is 30.8 Å². The predicted octanol–water partition coefficient (Wildman–Crippen LogP) is 2.82. The molecule has 0 saturated heterocycles. The van der Waals surface area contributed by atoms with Crippen molar-refractivity contribution in [1.29, 1.82) is 0 Å². The molecule has 0 aliphatic carbocycles. The Morgan fingerprint density at radius 1 is 1.24 bits per heavy atom. The van der Waals surface area contributed by atoms with E-state index in [0.717, 1.165) is 17.3 Å². The van der Waals surface area contributed by atoms with Crippen LogP contribution in [0.2, 0.25) is 0 Å². The first kappa shape index (κ1) is 16.6. The lowest BCUT2D eigenvalue weighted by Crippen LogP contribution is -2.25. The number of halogens is 1. The molecule has 3 aromatic rings. The molecule has 1 aromatic carbocycles. The number of nitrogen functional groups attached to an aromatic ring is 1. The van der Waals surface area contributed by atoms with E-state index >= 15 is 0 Å². The Kier molecular flexibility index (Phi) is 5.03. The number of nitrogens with zero attached hydrogens (tertiary/aromatic N) is 2. The van der Waals surface area contributed by atoms with Gasteiger partial charge >= 0.3 is 0 Å². The second kappa shape index (κ2) is 7.57.